The summed E-state index contributed by atoms with van der Waals surface area (Å²) in [6.07, 6.45) is 6.37. The van der Waals surface area contributed by atoms with Crippen molar-refractivity contribution in [2.24, 2.45) is 0 Å². The van der Waals surface area contributed by atoms with Crippen molar-refractivity contribution < 1.29 is 5.11 Å². The molecule has 1 aliphatic heterocycles. The maximum absolute atomic E-state index is 9.49. The molecule has 2 rings (SSSR count). The Morgan fingerprint density at radius 1 is 0.941 bits per heavy atom. The average molecular weight is 233 g/mol. The van der Waals surface area contributed by atoms with Crippen molar-refractivity contribution >= 4 is 5.69 Å². The monoisotopic (exact) mass is 233 g/mol. The van der Waals surface area contributed by atoms with E-state index in [9.17, 15) is 5.11 Å². The van der Waals surface area contributed by atoms with Crippen molar-refractivity contribution in [3.8, 4) is 0 Å². The Kier molecular flexibility index (Phi) is 4.43. The predicted octanol–water partition coefficient (Wildman–Crippen LogP) is 3.51. The van der Waals surface area contributed by atoms with Crippen molar-refractivity contribution in [1.82, 2.24) is 0 Å². The second-order valence-electron chi connectivity index (χ2n) is 5.02. The molecule has 1 aromatic rings. The van der Waals surface area contributed by atoms with Gasteiger partial charge in [-0.05, 0) is 37.5 Å². The molecule has 0 spiro atoms. The van der Waals surface area contributed by atoms with Crippen LogP contribution < -0.4 is 4.90 Å². The van der Waals surface area contributed by atoms with Crippen LogP contribution in [0.25, 0.3) is 0 Å². The molecule has 2 nitrogen and oxygen atoms in total. The number of rotatable bonds is 2. The lowest BCUT2D eigenvalue weighted by atomic mass is 10.1. The SMILES string of the molecule is CC(O)c1ccc(N2CCCCCCC2)cc1. The molecule has 0 aromatic heterocycles. The van der Waals surface area contributed by atoms with Crippen LogP contribution in [0.1, 0.15) is 50.7 Å². The number of aliphatic hydroxyl groups excluding tert-OH is 1. The average Bonchev–Trinajstić information content (AvgIpc) is 2.29. The van der Waals surface area contributed by atoms with E-state index in [4.69, 9.17) is 0 Å². The molecule has 1 aliphatic rings. The van der Waals surface area contributed by atoms with E-state index in [2.05, 4.69) is 17.0 Å². The number of nitrogens with zero attached hydrogens (tertiary/aromatic N) is 1. The zero-order chi connectivity index (χ0) is 12.1. The molecule has 1 saturated heterocycles. The maximum atomic E-state index is 9.49. The molecule has 17 heavy (non-hydrogen) atoms. The highest BCUT2D eigenvalue weighted by Crippen LogP contribution is 2.21. The Hall–Kier alpha value is -1.02. The number of hydrogen-bond acceptors (Lipinski definition) is 2. The van der Waals surface area contributed by atoms with Gasteiger partial charge in [-0.1, -0.05) is 31.4 Å². The van der Waals surface area contributed by atoms with Gasteiger partial charge in [-0.15, -0.1) is 0 Å². The highest BCUT2D eigenvalue weighted by molar-refractivity contribution is 5.47. The van der Waals surface area contributed by atoms with Crippen LogP contribution in [0.4, 0.5) is 5.69 Å². The Balaban J connectivity index is 2.04. The van der Waals surface area contributed by atoms with Gasteiger partial charge in [-0.3, -0.25) is 0 Å². The van der Waals surface area contributed by atoms with E-state index in [0.29, 0.717) is 0 Å². The topological polar surface area (TPSA) is 23.5 Å². The molecule has 0 amide bonds. The minimum atomic E-state index is -0.364. The largest absolute Gasteiger partial charge is 0.389 e. The van der Waals surface area contributed by atoms with Crippen molar-refractivity contribution in [3.05, 3.63) is 29.8 Å². The molecular weight excluding hydrogens is 210 g/mol. The third-order valence-electron chi connectivity index (χ3n) is 3.60. The number of benzene rings is 1. The van der Waals surface area contributed by atoms with Gasteiger partial charge in [0.05, 0.1) is 6.10 Å². The lowest BCUT2D eigenvalue weighted by Gasteiger charge is -2.27. The molecule has 1 N–H and O–H groups in total. The lowest BCUT2D eigenvalue weighted by molar-refractivity contribution is 0.199. The first-order valence-corrected chi connectivity index (χ1v) is 6.80. The highest BCUT2D eigenvalue weighted by Gasteiger charge is 2.09. The molecule has 1 atom stereocenters. The van der Waals surface area contributed by atoms with Crippen LogP contribution in [0, 0.1) is 0 Å². The fourth-order valence-corrected chi connectivity index (χ4v) is 2.47. The molecule has 0 saturated carbocycles. The van der Waals surface area contributed by atoms with Gasteiger partial charge in [0, 0.05) is 18.8 Å². The molecule has 2 heteroatoms. The summed E-state index contributed by atoms with van der Waals surface area (Å²) in [4.78, 5) is 2.48. The summed E-state index contributed by atoms with van der Waals surface area (Å²) in [7, 11) is 0. The summed E-state index contributed by atoms with van der Waals surface area (Å²) >= 11 is 0. The number of hydrogen-bond donors (Lipinski definition) is 1. The standard InChI is InChI=1S/C15H23NO/c1-13(17)14-7-9-15(10-8-14)16-11-5-3-2-4-6-12-16/h7-10,13,17H,2-6,11-12H2,1H3. The maximum Gasteiger partial charge on any atom is 0.0761 e. The van der Waals surface area contributed by atoms with E-state index in [1.165, 1.54) is 50.9 Å². The molecule has 1 heterocycles. The molecule has 0 bridgehead atoms. The molecular formula is C15H23NO. The zero-order valence-corrected chi connectivity index (χ0v) is 10.7. The van der Waals surface area contributed by atoms with Crippen molar-refractivity contribution in [2.75, 3.05) is 18.0 Å². The van der Waals surface area contributed by atoms with Crippen LogP contribution in [0.2, 0.25) is 0 Å². The Labute approximate surface area is 104 Å². The van der Waals surface area contributed by atoms with Gasteiger partial charge in [-0.2, -0.15) is 0 Å². The predicted molar refractivity (Wildman–Crippen MR) is 72.4 cm³/mol. The van der Waals surface area contributed by atoms with E-state index in [1.54, 1.807) is 0 Å². The fourth-order valence-electron chi connectivity index (χ4n) is 2.47. The summed E-state index contributed by atoms with van der Waals surface area (Å²) in [5.41, 5.74) is 2.30. The summed E-state index contributed by atoms with van der Waals surface area (Å²) in [5, 5.41) is 9.49. The zero-order valence-electron chi connectivity index (χ0n) is 10.7. The molecule has 94 valence electrons. The van der Waals surface area contributed by atoms with Gasteiger partial charge in [0.2, 0.25) is 0 Å². The van der Waals surface area contributed by atoms with Crippen molar-refractivity contribution in [1.29, 1.82) is 0 Å². The van der Waals surface area contributed by atoms with Crippen LogP contribution in [-0.2, 0) is 0 Å². The number of anilines is 1. The quantitative estimate of drug-likeness (QED) is 0.845. The summed E-state index contributed by atoms with van der Waals surface area (Å²) in [6.45, 7) is 4.16. The summed E-state index contributed by atoms with van der Waals surface area (Å²) in [5.74, 6) is 0. The van der Waals surface area contributed by atoms with Gasteiger partial charge >= 0.3 is 0 Å². The second kappa shape index (κ2) is 6.06. The van der Waals surface area contributed by atoms with E-state index < -0.39 is 0 Å². The van der Waals surface area contributed by atoms with Gasteiger partial charge in [0.1, 0.15) is 0 Å². The summed E-state index contributed by atoms with van der Waals surface area (Å²) < 4.78 is 0. The third kappa shape index (κ3) is 3.47. The Morgan fingerprint density at radius 3 is 2.00 bits per heavy atom. The van der Waals surface area contributed by atoms with Crippen LogP contribution in [0.3, 0.4) is 0 Å². The lowest BCUT2D eigenvalue weighted by Crippen LogP contribution is -2.26. The minimum absolute atomic E-state index is 0.364. The smallest absolute Gasteiger partial charge is 0.0761 e. The van der Waals surface area contributed by atoms with E-state index in [1.807, 2.05) is 19.1 Å². The van der Waals surface area contributed by atoms with Gasteiger partial charge < -0.3 is 10.0 Å². The fraction of sp³-hybridized carbons (Fsp3) is 0.600. The van der Waals surface area contributed by atoms with Gasteiger partial charge in [-0.25, -0.2) is 0 Å². The normalized spacial score (nSPS) is 19.5. The molecule has 0 radical (unpaired) electrons. The molecule has 1 unspecified atom stereocenters. The van der Waals surface area contributed by atoms with Crippen LogP contribution in [0.5, 0.6) is 0 Å². The molecule has 0 aliphatic carbocycles. The first-order valence-electron chi connectivity index (χ1n) is 6.80. The Morgan fingerprint density at radius 2 is 1.47 bits per heavy atom. The number of aliphatic hydroxyl groups is 1. The summed E-state index contributed by atoms with van der Waals surface area (Å²) in [6, 6.07) is 8.37. The van der Waals surface area contributed by atoms with Crippen molar-refractivity contribution in [2.45, 2.75) is 45.1 Å². The van der Waals surface area contributed by atoms with Crippen molar-refractivity contribution in [3.63, 3.8) is 0 Å². The molecule has 1 fully saturated rings. The second-order valence-corrected chi connectivity index (χ2v) is 5.02. The van der Waals surface area contributed by atoms with E-state index in [0.717, 1.165) is 5.56 Å². The first kappa shape index (κ1) is 12.4. The Bertz CT molecular complexity index is 323. The minimum Gasteiger partial charge on any atom is -0.389 e. The van der Waals surface area contributed by atoms with E-state index >= 15 is 0 Å². The van der Waals surface area contributed by atoms with E-state index in [-0.39, 0.29) is 6.10 Å². The highest BCUT2D eigenvalue weighted by atomic mass is 16.3. The molecule has 1 aromatic carbocycles. The van der Waals surface area contributed by atoms with Gasteiger partial charge in [0.15, 0.2) is 0 Å². The van der Waals surface area contributed by atoms with Crippen LogP contribution >= 0.6 is 0 Å². The van der Waals surface area contributed by atoms with Crippen LogP contribution in [-0.4, -0.2) is 18.2 Å². The van der Waals surface area contributed by atoms with Gasteiger partial charge in [0.25, 0.3) is 0 Å². The third-order valence-corrected chi connectivity index (χ3v) is 3.60. The first-order chi connectivity index (χ1) is 8.27. The van der Waals surface area contributed by atoms with Crippen LogP contribution in [0.15, 0.2) is 24.3 Å².